The van der Waals surface area contributed by atoms with E-state index in [-0.39, 0.29) is 5.82 Å². The number of nitrogens with zero attached hydrogens (tertiary/aromatic N) is 1. The molecule has 0 N–H and O–H groups in total. The van der Waals surface area contributed by atoms with Gasteiger partial charge in [-0.25, -0.2) is 4.39 Å². The van der Waals surface area contributed by atoms with Crippen LogP contribution in [-0.2, 0) is 0 Å². The van der Waals surface area contributed by atoms with Crippen LogP contribution in [-0.4, -0.2) is 13.7 Å². The lowest BCUT2D eigenvalue weighted by molar-refractivity contribution is 0.302. The smallest absolute Gasteiger partial charge is 0.123 e. The molecule has 0 amide bonds. The molecule has 0 spiro atoms. The lowest BCUT2D eigenvalue weighted by atomic mass is 9.96. The number of hydrogen-bond donors (Lipinski definition) is 0. The topological polar surface area (TPSA) is 42.2 Å². The van der Waals surface area contributed by atoms with Gasteiger partial charge in [0.2, 0.25) is 0 Å². The van der Waals surface area contributed by atoms with Gasteiger partial charge in [0.1, 0.15) is 17.3 Å². The fourth-order valence-corrected chi connectivity index (χ4v) is 2.42. The van der Waals surface area contributed by atoms with Crippen LogP contribution in [0.3, 0.4) is 0 Å². The Labute approximate surface area is 136 Å². The van der Waals surface area contributed by atoms with Crippen molar-refractivity contribution in [3.05, 3.63) is 58.9 Å². The third-order valence-corrected chi connectivity index (χ3v) is 3.73. The van der Waals surface area contributed by atoms with Crippen LogP contribution >= 0.6 is 0 Å². The second kappa shape index (κ2) is 7.64. The average molecular weight is 313 g/mol. The maximum atomic E-state index is 13.5. The Morgan fingerprint density at radius 1 is 1.13 bits per heavy atom. The number of methoxy groups -OCH3 is 1. The summed E-state index contributed by atoms with van der Waals surface area (Å²) in [6, 6.07) is 12.4. The van der Waals surface area contributed by atoms with Crippen molar-refractivity contribution in [3.8, 4) is 17.6 Å². The fraction of sp³-hybridized carbons (Fsp3) is 0.316. The molecule has 23 heavy (non-hydrogen) atoms. The van der Waals surface area contributed by atoms with Crippen molar-refractivity contribution >= 4 is 0 Å². The molecule has 2 aromatic carbocycles. The van der Waals surface area contributed by atoms with Crippen molar-refractivity contribution in [2.45, 2.75) is 26.2 Å². The van der Waals surface area contributed by atoms with E-state index in [2.05, 4.69) is 6.07 Å². The molecule has 120 valence electrons. The van der Waals surface area contributed by atoms with E-state index in [1.165, 1.54) is 19.2 Å². The van der Waals surface area contributed by atoms with E-state index >= 15 is 0 Å². The third-order valence-electron chi connectivity index (χ3n) is 3.73. The van der Waals surface area contributed by atoms with E-state index in [1.807, 2.05) is 32.0 Å². The summed E-state index contributed by atoms with van der Waals surface area (Å²) < 4.78 is 24.5. The molecule has 0 aliphatic heterocycles. The van der Waals surface area contributed by atoms with E-state index in [9.17, 15) is 9.65 Å². The molecular weight excluding hydrogens is 293 g/mol. The van der Waals surface area contributed by atoms with Gasteiger partial charge >= 0.3 is 0 Å². The molecule has 0 aliphatic rings. The Morgan fingerprint density at radius 3 is 2.61 bits per heavy atom. The van der Waals surface area contributed by atoms with E-state index < -0.39 is 5.92 Å². The minimum Gasteiger partial charge on any atom is -0.496 e. The van der Waals surface area contributed by atoms with E-state index in [0.29, 0.717) is 24.3 Å². The van der Waals surface area contributed by atoms with E-state index in [1.54, 1.807) is 6.07 Å². The summed E-state index contributed by atoms with van der Waals surface area (Å²) >= 11 is 0. The van der Waals surface area contributed by atoms with Crippen LogP contribution in [0.4, 0.5) is 4.39 Å². The zero-order valence-electron chi connectivity index (χ0n) is 13.6. The lowest BCUT2D eigenvalue weighted by Gasteiger charge is -2.15. The maximum absolute atomic E-state index is 13.5. The minimum atomic E-state index is -0.481. The van der Waals surface area contributed by atoms with Gasteiger partial charge in [-0.1, -0.05) is 12.1 Å². The highest BCUT2D eigenvalue weighted by Gasteiger charge is 2.17. The van der Waals surface area contributed by atoms with Gasteiger partial charge in [0.25, 0.3) is 0 Å². The van der Waals surface area contributed by atoms with Crippen molar-refractivity contribution < 1.29 is 13.9 Å². The van der Waals surface area contributed by atoms with E-state index in [4.69, 9.17) is 9.47 Å². The van der Waals surface area contributed by atoms with Gasteiger partial charge < -0.3 is 9.47 Å². The fourth-order valence-electron chi connectivity index (χ4n) is 2.42. The molecule has 2 aromatic rings. The SMILES string of the molecule is COc1ccc(F)cc1C(C#N)CCOc1cc(C)ccc1C. The first-order valence-corrected chi connectivity index (χ1v) is 7.48. The highest BCUT2D eigenvalue weighted by molar-refractivity contribution is 5.40. The molecule has 0 saturated carbocycles. The first-order chi connectivity index (χ1) is 11.0. The molecule has 0 radical (unpaired) electrons. The summed E-state index contributed by atoms with van der Waals surface area (Å²) in [7, 11) is 1.51. The predicted molar refractivity (Wildman–Crippen MR) is 87.3 cm³/mol. The zero-order valence-corrected chi connectivity index (χ0v) is 13.6. The summed E-state index contributed by atoms with van der Waals surface area (Å²) in [5.41, 5.74) is 2.72. The molecule has 0 aliphatic carbocycles. The molecule has 0 heterocycles. The number of benzene rings is 2. The van der Waals surface area contributed by atoms with Crippen LogP contribution in [0.25, 0.3) is 0 Å². The van der Waals surface area contributed by atoms with Crippen molar-refractivity contribution in [2.24, 2.45) is 0 Å². The molecule has 1 unspecified atom stereocenters. The molecule has 0 bridgehead atoms. The second-order valence-corrected chi connectivity index (χ2v) is 5.47. The monoisotopic (exact) mass is 313 g/mol. The predicted octanol–water partition coefficient (Wildman–Crippen LogP) is 4.53. The summed E-state index contributed by atoms with van der Waals surface area (Å²) in [4.78, 5) is 0. The lowest BCUT2D eigenvalue weighted by Crippen LogP contribution is -2.07. The van der Waals surface area contributed by atoms with Gasteiger partial charge in [-0.2, -0.15) is 5.26 Å². The highest BCUT2D eigenvalue weighted by Crippen LogP contribution is 2.30. The van der Waals surface area contributed by atoms with Crippen molar-refractivity contribution in [1.82, 2.24) is 0 Å². The first-order valence-electron chi connectivity index (χ1n) is 7.48. The van der Waals surface area contributed by atoms with Crippen LogP contribution in [0.1, 0.15) is 29.0 Å². The summed E-state index contributed by atoms with van der Waals surface area (Å²) in [6.07, 6.45) is 0.462. The molecule has 2 rings (SSSR count). The van der Waals surface area contributed by atoms with E-state index in [0.717, 1.165) is 16.9 Å². The van der Waals surface area contributed by atoms with Crippen LogP contribution in [0.2, 0.25) is 0 Å². The molecular formula is C19H20FNO2. The van der Waals surface area contributed by atoms with Crippen molar-refractivity contribution in [2.75, 3.05) is 13.7 Å². The summed E-state index contributed by atoms with van der Waals surface area (Å²) in [5.74, 6) is 0.472. The molecule has 0 saturated heterocycles. The van der Waals surface area contributed by atoms with Gasteiger partial charge in [0.15, 0.2) is 0 Å². The Bertz CT molecular complexity index is 722. The van der Waals surface area contributed by atoms with Gasteiger partial charge in [0, 0.05) is 12.0 Å². The molecule has 4 heteroatoms. The van der Waals surface area contributed by atoms with Crippen LogP contribution in [0.5, 0.6) is 11.5 Å². The first kappa shape index (κ1) is 16.8. The van der Waals surface area contributed by atoms with Crippen LogP contribution in [0.15, 0.2) is 36.4 Å². The van der Waals surface area contributed by atoms with Gasteiger partial charge in [-0.15, -0.1) is 0 Å². The number of hydrogen-bond acceptors (Lipinski definition) is 3. The number of ether oxygens (including phenoxy) is 2. The molecule has 0 aromatic heterocycles. The van der Waals surface area contributed by atoms with Crippen LogP contribution in [0, 0.1) is 31.0 Å². The number of aryl methyl sites for hydroxylation is 2. The Morgan fingerprint density at radius 2 is 1.91 bits per heavy atom. The molecule has 0 fully saturated rings. The van der Waals surface area contributed by atoms with Crippen molar-refractivity contribution in [3.63, 3.8) is 0 Å². The number of rotatable bonds is 6. The van der Waals surface area contributed by atoms with Gasteiger partial charge in [0.05, 0.1) is 25.7 Å². The second-order valence-electron chi connectivity index (χ2n) is 5.47. The highest BCUT2D eigenvalue weighted by atomic mass is 19.1. The summed E-state index contributed by atoms with van der Waals surface area (Å²) in [6.45, 7) is 4.36. The number of halogens is 1. The standard InChI is InChI=1S/C19H20FNO2/c1-13-4-5-14(2)19(10-13)23-9-8-15(12-21)17-11-16(20)6-7-18(17)22-3/h4-7,10-11,15H,8-9H2,1-3H3. The van der Waals surface area contributed by atoms with Crippen LogP contribution < -0.4 is 9.47 Å². The molecule has 3 nitrogen and oxygen atoms in total. The van der Waals surface area contributed by atoms with Gasteiger partial charge in [-0.05, 0) is 49.2 Å². The Balaban J connectivity index is 2.08. The maximum Gasteiger partial charge on any atom is 0.123 e. The third kappa shape index (κ3) is 4.23. The normalized spacial score (nSPS) is 11.6. The Hall–Kier alpha value is -2.54. The largest absolute Gasteiger partial charge is 0.496 e. The quantitative estimate of drug-likeness (QED) is 0.787. The van der Waals surface area contributed by atoms with Crippen molar-refractivity contribution in [1.29, 1.82) is 5.26 Å². The Kier molecular flexibility index (Phi) is 5.59. The minimum absolute atomic E-state index is 0.377. The summed E-state index contributed by atoms with van der Waals surface area (Å²) in [5, 5.41) is 9.40. The molecule has 1 atom stereocenters. The zero-order chi connectivity index (χ0) is 16.8. The number of nitriles is 1. The average Bonchev–Trinajstić information content (AvgIpc) is 2.54. The van der Waals surface area contributed by atoms with Gasteiger partial charge in [-0.3, -0.25) is 0 Å².